The molecular weight excluding hydrogens is 278 g/mol. The number of rotatable bonds is 7. The number of nitrogens with one attached hydrogen (secondary N) is 1. The van der Waals surface area contributed by atoms with Crippen molar-refractivity contribution in [2.24, 2.45) is 5.41 Å². The van der Waals surface area contributed by atoms with E-state index >= 15 is 0 Å². The minimum atomic E-state index is -1.07. The van der Waals surface area contributed by atoms with Crippen LogP contribution in [-0.2, 0) is 9.53 Å². The topological polar surface area (TPSA) is 75.6 Å². The van der Waals surface area contributed by atoms with Crippen molar-refractivity contribution in [3.05, 3.63) is 0 Å². The number of hydrogen-bond acceptors (Lipinski definition) is 4. The molecule has 0 radical (unpaired) electrons. The second kappa shape index (κ2) is 7.57. The van der Waals surface area contributed by atoms with Crippen molar-refractivity contribution in [2.45, 2.75) is 65.5 Å². The molecule has 1 atom stereocenters. The van der Waals surface area contributed by atoms with Crippen molar-refractivity contribution in [1.29, 1.82) is 0 Å². The lowest BCUT2D eigenvalue weighted by Crippen LogP contribution is -2.51. The maximum Gasteiger partial charge on any atom is 0.408 e. The van der Waals surface area contributed by atoms with Crippen molar-refractivity contribution in [1.82, 2.24) is 5.32 Å². The summed E-state index contributed by atoms with van der Waals surface area (Å²) >= 11 is 4.76. The van der Waals surface area contributed by atoms with Crippen LogP contribution in [-0.4, -0.2) is 34.2 Å². The number of carbonyl (C=O) groups is 2. The normalized spacial score (nSPS) is 13.4. The second-order valence-electron chi connectivity index (χ2n) is 6.46. The average molecular weight is 303 g/mol. The van der Waals surface area contributed by atoms with Gasteiger partial charge in [0.1, 0.15) is 11.6 Å². The molecule has 0 rings (SSSR count). The second-order valence-corrected chi connectivity index (χ2v) is 6.80. The van der Waals surface area contributed by atoms with Gasteiger partial charge >= 0.3 is 12.1 Å². The zero-order chi connectivity index (χ0) is 16.0. The zero-order valence-electron chi connectivity index (χ0n) is 12.9. The first-order valence-electron chi connectivity index (χ1n) is 6.65. The van der Waals surface area contributed by atoms with Crippen molar-refractivity contribution >= 4 is 29.6 Å². The van der Waals surface area contributed by atoms with Crippen LogP contribution in [0.4, 0.5) is 4.79 Å². The Morgan fingerprint density at radius 2 is 1.85 bits per heavy atom. The summed E-state index contributed by atoms with van der Waals surface area (Å²) in [4.78, 5) is 23.1. The van der Waals surface area contributed by atoms with Gasteiger partial charge in [0.25, 0.3) is 0 Å². The monoisotopic (exact) mass is 303 g/mol. The molecule has 0 heterocycles. The van der Waals surface area contributed by atoms with Crippen LogP contribution in [0.25, 0.3) is 0 Å². The quantitative estimate of drug-likeness (QED) is 0.558. The van der Waals surface area contributed by atoms with Crippen molar-refractivity contribution in [3.63, 3.8) is 0 Å². The molecular formula is C14H25NO4S. The van der Waals surface area contributed by atoms with Crippen LogP contribution in [0.3, 0.4) is 0 Å². The van der Waals surface area contributed by atoms with E-state index in [2.05, 4.69) is 5.32 Å². The third kappa shape index (κ3) is 7.43. The zero-order valence-corrected chi connectivity index (χ0v) is 13.7. The van der Waals surface area contributed by atoms with Gasteiger partial charge in [-0.2, -0.15) is 0 Å². The predicted molar refractivity (Wildman–Crippen MR) is 82.1 cm³/mol. The van der Waals surface area contributed by atoms with E-state index in [9.17, 15) is 14.7 Å². The molecule has 0 unspecified atom stereocenters. The summed E-state index contributed by atoms with van der Waals surface area (Å²) in [6.07, 6.45) is 1.47. The Hall–Kier alpha value is -1.17. The molecule has 0 saturated heterocycles. The highest BCUT2D eigenvalue weighted by Crippen LogP contribution is 2.28. The Morgan fingerprint density at radius 1 is 1.30 bits per heavy atom. The van der Waals surface area contributed by atoms with E-state index in [1.807, 2.05) is 13.8 Å². The molecule has 0 aliphatic carbocycles. The van der Waals surface area contributed by atoms with Gasteiger partial charge in [-0.25, -0.2) is 9.59 Å². The lowest BCUT2D eigenvalue weighted by atomic mass is 9.80. The number of alkyl carbamates (subject to hydrolysis) is 1. The number of carboxylic acids is 1. The van der Waals surface area contributed by atoms with E-state index < -0.39 is 29.1 Å². The maximum absolute atomic E-state index is 11.7. The first kappa shape index (κ1) is 18.8. The highest BCUT2D eigenvalue weighted by Gasteiger charge is 2.37. The molecule has 0 aromatic carbocycles. The molecule has 116 valence electrons. The number of ether oxygens (including phenoxy) is 1. The fourth-order valence-corrected chi connectivity index (χ4v) is 1.97. The number of carbonyl (C=O) groups excluding carboxylic acids is 1. The van der Waals surface area contributed by atoms with Gasteiger partial charge in [-0.15, -0.1) is 0 Å². The summed E-state index contributed by atoms with van der Waals surface area (Å²) in [7, 11) is 0. The first-order chi connectivity index (χ1) is 8.99. The van der Waals surface area contributed by atoms with Crippen LogP contribution in [0, 0.1) is 5.41 Å². The van der Waals surface area contributed by atoms with Gasteiger partial charge in [0.2, 0.25) is 0 Å². The molecule has 0 aromatic heterocycles. The Bertz CT molecular complexity index is 361. The minimum Gasteiger partial charge on any atom is -0.480 e. The summed E-state index contributed by atoms with van der Waals surface area (Å²) < 4.78 is 5.10. The van der Waals surface area contributed by atoms with Gasteiger partial charge in [-0.1, -0.05) is 26.1 Å². The number of hydrogen-bond donors (Lipinski definition) is 2. The summed E-state index contributed by atoms with van der Waals surface area (Å²) in [5.74, 6) is -1.07. The molecule has 20 heavy (non-hydrogen) atoms. The highest BCUT2D eigenvalue weighted by atomic mass is 32.1. The summed E-state index contributed by atoms with van der Waals surface area (Å²) in [5.41, 5.74) is -1.24. The fourth-order valence-electron chi connectivity index (χ4n) is 1.80. The lowest BCUT2D eigenvalue weighted by molar-refractivity contribution is -0.142. The summed E-state index contributed by atoms with van der Waals surface area (Å²) in [5, 5.41) is 13.4. The van der Waals surface area contributed by atoms with Crippen LogP contribution in [0.1, 0.15) is 53.9 Å². The van der Waals surface area contributed by atoms with Gasteiger partial charge < -0.3 is 15.2 Å². The smallest absolute Gasteiger partial charge is 0.408 e. The molecule has 0 saturated carbocycles. The molecule has 5 nitrogen and oxygen atoms in total. The Labute approximate surface area is 126 Å². The minimum absolute atomic E-state index is 0.582. The molecule has 0 aliphatic rings. The Balaban J connectivity index is 4.75. The molecule has 0 bridgehead atoms. The Morgan fingerprint density at radius 3 is 2.25 bits per heavy atom. The number of unbranched alkanes of at least 4 members (excludes halogenated alkanes) is 1. The van der Waals surface area contributed by atoms with Crippen LogP contribution in [0.2, 0.25) is 0 Å². The summed E-state index contributed by atoms with van der Waals surface area (Å²) in [6, 6.07) is -0.998. The van der Waals surface area contributed by atoms with E-state index in [0.717, 1.165) is 12.8 Å². The van der Waals surface area contributed by atoms with Crippen LogP contribution < -0.4 is 5.32 Å². The van der Waals surface area contributed by atoms with Gasteiger partial charge in [-0.05, 0) is 50.8 Å². The molecule has 0 fully saturated rings. The van der Waals surface area contributed by atoms with Crippen LogP contribution in [0.15, 0.2) is 0 Å². The van der Waals surface area contributed by atoms with E-state index in [0.29, 0.717) is 6.42 Å². The average Bonchev–Trinajstić information content (AvgIpc) is 2.23. The number of carboxylic acid groups (broad SMARTS) is 1. The largest absolute Gasteiger partial charge is 0.480 e. The van der Waals surface area contributed by atoms with E-state index in [4.69, 9.17) is 17.0 Å². The Kier molecular flexibility index (Phi) is 7.13. The van der Waals surface area contributed by atoms with Crippen molar-refractivity contribution in [3.8, 4) is 0 Å². The molecule has 0 aromatic rings. The molecule has 6 heteroatoms. The number of aliphatic carboxylic acids is 1. The van der Waals surface area contributed by atoms with E-state index in [1.165, 1.54) is 0 Å². The number of thiocarbonyl (C=S) groups is 1. The van der Waals surface area contributed by atoms with Gasteiger partial charge in [0.15, 0.2) is 0 Å². The molecule has 2 N–H and O–H groups in total. The van der Waals surface area contributed by atoms with Gasteiger partial charge in [-0.3, -0.25) is 0 Å². The molecule has 0 spiro atoms. The van der Waals surface area contributed by atoms with Gasteiger partial charge in [0, 0.05) is 0 Å². The molecule has 0 aliphatic heterocycles. The van der Waals surface area contributed by atoms with Crippen molar-refractivity contribution in [2.75, 3.05) is 0 Å². The van der Waals surface area contributed by atoms with Crippen LogP contribution in [0.5, 0.6) is 0 Å². The van der Waals surface area contributed by atoms with E-state index in [1.54, 1.807) is 26.1 Å². The SMILES string of the molecule is CC(C)(C)OC(=O)N[C@H](C(=O)O)C(C)(C)CCCC=S. The first-order valence-corrected chi connectivity index (χ1v) is 7.13. The standard InChI is InChI=1S/C14H25NO4S/c1-13(2,3)19-12(18)15-10(11(16)17)14(4,5)8-6-7-9-20/h9-10H,6-8H2,1-5H3,(H,15,18)(H,16,17)/t10-/m1/s1. The fraction of sp³-hybridized carbons (Fsp3) is 0.786. The van der Waals surface area contributed by atoms with Crippen LogP contribution >= 0.6 is 12.2 Å². The third-order valence-electron chi connectivity index (χ3n) is 2.83. The lowest BCUT2D eigenvalue weighted by Gasteiger charge is -2.32. The van der Waals surface area contributed by atoms with E-state index in [-0.39, 0.29) is 0 Å². The number of amides is 1. The highest BCUT2D eigenvalue weighted by molar-refractivity contribution is 7.78. The predicted octanol–water partition coefficient (Wildman–Crippen LogP) is 3.16. The van der Waals surface area contributed by atoms with Gasteiger partial charge in [0.05, 0.1) is 0 Å². The summed E-state index contributed by atoms with van der Waals surface area (Å²) in [6.45, 7) is 8.81. The maximum atomic E-state index is 11.7. The third-order valence-corrected chi connectivity index (χ3v) is 3.07. The van der Waals surface area contributed by atoms with Crippen molar-refractivity contribution < 1.29 is 19.4 Å². The molecule has 1 amide bonds.